The van der Waals surface area contributed by atoms with Crippen molar-refractivity contribution in [1.82, 2.24) is 14.5 Å². The summed E-state index contributed by atoms with van der Waals surface area (Å²) in [5.74, 6) is 0.547. The van der Waals surface area contributed by atoms with Crippen LogP contribution in [0.4, 0.5) is 0 Å². The number of imidazole rings is 1. The highest BCUT2D eigenvalue weighted by Gasteiger charge is 2.42. The fourth-order valence-electron chi connectivity index (χ4n) is 4.30. The Labute approximate surface area is 186 Å². The molecule has 5 rings (SSSR count). The number of aryl methyl sites for hydroxylation is 1. The van der Waals surface area contributed by atoms with Crippen molar-refractivity contribution >= 4 is 38.5 Å². The maximum atomic E-state index is 13.2. The average molecular weight is 456 g/mol. The molecule has 1 atom stereocenters. The maximum Gasteiger partial charge on any atom is 0.233 e. The van der Waals surface area contributed by atoms with Crippen molar-refractivity contribution in [2.45, 2.75) is 43.4 Å². The number of rotatable bonds is 6. The number of sulfone groups is 1. The normalized spacial score (nSPS) is 20.2. The smallest absolute Gasteiger partial charge is 0.233 e. The Morgan fingerprint density at radius 2 is 1.84 bits per heavy atom. The van der Waals surface area contributed by atoms with Gasteiger partial charge in [-0.25, -0.2) is 13.4 Å². The van der Waals surface area contributed by atoms with Crippen LogP contribution < -0.4 is 0 Å². The number of nitrogens with zero attached hydrogens (tertiary/aromatic N) is 3. The summed E-state index contributed by atoms with van der Waals surface area (Å²) in [7, 11) is -3.03. The summed E-state index contributed by atoms with van der Waals surface area (Å²) in [5.41, 5.74) is 4.08. The number of thioether (sulfide) groups is 1. The average Bonchev–Trinajstić information content (AvgIpc) is 3.41. The molecule has 1 saturated carbocycles. The van der Waals surface area contributed by atoms with Crippen LogP contribution in [0.3, 0.4) is 0 Å². The molecule has 1 amide bonds. The summed E-state index contributed by atoms with van der Waals surface area (Å²) >= 11 is 1.42. The van der Waals surface area contributed by atoms with Crippen LogP contribution in [0.1, 0.15) is 24.8 Å². The highest BCUT2D eigenvalue weighted by molar-refractivity contribution is 7.99. The lowest BCUT2D eigenvalue weighted by molar-refractivity contribution is -0.130. The third-order valence-corrected chi connectivity index (χ3v) is 8.65. The molecule has 2 heterocycles. The van der Waals surface area contributed by atoms with Crippen molar-refractivity contribution in [3.63, 3.8) is 0 Å². The van der Waals surface area contributed by atoms with Crippen LogP contribution in [0.25, 0.3) is 16.7 Å². The van der Waals surface area contributed by atoms with E-state index in [9.17, 15) is 13.2 Å². The molecule has 3 aromatic rings. The summed E-state index contributed by atoms with van der Waals surface area (Å²) in [6.07, 6.45) is 2.49. The van der Waals surface area contributed by atoms with E-state index in [1.165, 1.54) is 17.3 Å². The molecule has 6 nitrogen and oxygen atoms in total. The number of amides is 1. The Morgan fingerprint density at radius 3 is 2.52 bits per heavy atom. The molecular formula is C23H25N3O3S2. The molecule has 162 valence electrons. The second kappa shape index (κ2) is 7.98. The molecule has 2 fully saturated rings. The van der Waals surface area contributed by atoms with Gasteiger partial charge in [-0.1, -0.05) is 41.6 Å². The van der Waals surface area contributed by atoms with Gasteiger partial charge in [-0.05, 0) is 50.5 Å². The van der Waals surface area contributed by atoms with E-state index < -0.39 is 9.84 Å². The van der Waals surface area contributed by atoms with Crippen LogP contribution >= 0.6 is 11.8 Å². The molecule has 0 spiro atoms. The summed E-state index contributed by atoms with van der Waals surface area (Å²) in [4.78, 5) is 19.8. The Bertz CT molecular complexity index is 1230. The summed E-state index contributed by atoms with van der Waals surface area (Å²) < 4.78 is 26.0. The number of carbonyl (C=O) groups excluding carboxylic acids is 1. The van der Waals surface area contributed by atoms with Gasteiger partial charge in [0.1, 0.15) is 0 Å². The van der Waals surface area contributed by atoms with E-state index >= 15 is 0 Å². The van der Waals surface area contributed by atoms with E-state index in [0.29, 0.717) is 6.42 Å². The lowest BCUT2D eigenvalue weighted by Gasteiger charge is -2.28. The van der Waals surface area contributed by atoms with Crippen LogP contribution in [0, 0.1) is 6.92 Å². The summed E-state index contributed by atoms with van der Waals surface area (Å²) in [5, 5.41) is 0.771. The van der Waals surface area contributed by atoms with E-state index in [1.807, 2.05) is 29.2 Å². The SMILES string of the molecule is Cc1ccc(-n2c(SCC(=O)N(C3CC3)[C@H]3CCS(=O)(=O)C3)nc3ccccc32)cc1. The Kier molecular flexibility index (Phi) is 5.30. The van der Waals surface area contributed by atoms with Gasteiger partial charge < -0.3 is 4.90 Å². The van der Waals surface area contributed by atoms with Gasteiger partial charge in [-0.3, -0.25) is 9.36 Å². The van der Waals surface area contributed by atoms with E-state index in [1.54, 1.807) is 0 Å². The number of hydrogen-bond donors (Lipinski definition) is 0. The molecule has 1 aliphatic heterocycles. The second-order valence-corrected chi connectivity index (χ2v) is 11.6. The van der Waals surface area contributed by atoms with Gasteiger partial charge >= 0.3 is 0 Å². The number of fused-ring (bicyclic) bond motifs is 1. The number of benzene rings is 2. The Morgan fingerprint density at radius 1 is 1.10 bits per heavy atom. The zero-order valence-corrected chi connectivity index (χ0v) is 19.0. The number of carbonyl (C=O) groups is 1. The highest BCUT2D eigenvalue weighted by Crippen LogP contribution is 2.34. The largest absolute Gasteiger partial charge is 0.335 e. The molecule has 0 radical (unpaired) electrons. The fourth-order valence-corrected chi connectivity index (χ4v) is 6.91. The van der Waals surface area contributed by atoms with Crippen LogP contribution in [-0.4, -0.2) is 58.1 Å². The highest BCUT2D eigenvalue weighted by atomic mass is 32.2. The number of aromatic nitrogens is 2. The minimum absolute atomic E-state index is 0.0112. The first-order valence-corrected chi connectivity index (χ1v) is 13.4. The molecule has 0 bridgehead atoms. The zero-order valence-electron chi connectivity index (χ0n) is 17.4. The molecule has 8 heteroatoms. The zero-order chi connectivity index (χ0) is 21.6. The Balaban J connectivity index is 1.41. The molecule has 2 aliphatic rings. The second-order valence-electron chi connectivity index (χ2n) is 8.43. The minimum atomic E-state index is -3.03. The quantitative estimate of drug-likeness (QED) is 0.531. The first kappa shape index (κ1) is 20.6. The van der Waals surface area contributed by atoms with Crippen LogP contribution in [0.15, 0.2) is 53.7 Å². The number of hydrogen-bond acceptors (Lipinski definition) is 5. The van der Waals surface area contributed by atoms with Crippen molar-refractivity contribution in [3.05, 3.63) is 54.1 Å². The van der Waals surface area contributed by atoms with E-state index in [4.69, 9.17) is 4.98 Å². The third kappa shape index (κ3) is 4.23. The fraction of sp³-hybridized carbons (Fsp3) is 0.391. The third-order valence-electron chi connectivity index (χ3n) is 5.98. The van der Waals surface area contributed by atoms with Crippen LogP contribution in [0.5, 0.6) is 0 Å². The number of para-hydroxylation sites is 2. The maximum absolute atomic E-state index is 13.2. The molecule has 1 aromatic heterocycles. The van der Waals surface area contributed by atoms with E-state index in [-0.39, 0.29) is 35.2 Å². The molecule has 2 aromatic carbocycles. The van der Waals surface area contributed by atoms with Crippen molar-refractivity contribution in [1.29, 1.82) is 0 Å². The first-order chi connectivity index (χ1) is 14.9. The molecule has 1 saturated heterocycles. The topological polar surface area (TPSA) is 72.3 Å². The van der Waals surface area contributed by atoms with Crippen LogP contribution in [0.2, 0.25) is 0 Å². The summed E-state index contributed by atoms with van der Waals surface area (Å²) in [6, 6.07) is 16.2. The van der Waals surface area contributed by atoms with E-state index in [2.05, 4.69) is 35.8 Å². The first-order valence-electron chi connectivity index (χ1n) is 10.6. The van der Waals surface area contributed by atoms with Crippen molar-refractivity contribution in [3.8, 4) is 5.69 Å². The predicted octanol–water partition coefficient (Wildman–Crippen LogP) is 3.60. The van der Waals surface area contributed by atoms with Crippen LogP contribution in [-0.2, 0) is 14.6 Å². The van der Waals surface area contributed by atoms with Gasteiger partial charge in [-0.2, -0.15) is 0 Å². The van der Waals surface area contributed by atoms with Gasteiger partial charge in [0.25, 0.3) is 0 Å². The van der Waals surface area contributed by atoms with Gasteiger partial charge in [-0.15, -0.1) is 0 Å². The molecular weight excluding hydrogens is 430 g/mol. The lowest BCUT2D eigenvalue weighted by Crippen LogP contribution is -2.43. The molecule has 31 heavy (non-hydrogen) atoms. The van der Waals surface area contributed by atoms with Gasteiger partial charge in [0.05, 0.1) is 28.3 Å². The van der Waals surface area contributed by atoms with Crippen molar-refractivity contribution < 1.29 is 13.2 Å². The monoisotopic (exact) mass is 455 g/mol. The Hall–Kier alpha value is -2.32. The van der Waals surface area contributed by atoms with E-state index in [0.717, 1.165) is 34.7 Å². The van der Waals surface area contributed by atoms with Gasteiger partial charge in [0.15, 0.2) is 15.0 Å². The van der Waals surface area contributed by atoms with Gasteiger partial charge in [0.2, 0.25) is 5.91 Å². The molecule has 0 unspecified atom stereocenters. The predicted molar refractivity (Wildman–Crippen MR) is 123 cm³/mol. The minimum Gasteiger partial charge on any atom is -0.335 e. The standard InChI is InChI=1S/C23H25N3O3S2/c1-16-6-8-18(9-7-16)26-21-5-3-2-4-20(21)24-23(26)30-14-22(27)25(17-10-11-17)19-12-13-31(28,29)15-19/h2-9,17,19H,10-15H2,1H3/t19-/m0/s1. The summed E-state index contributed by atoms with van der Waals surface area (Å²) in [6.45, 7) is 2.06. The van der Waals surface area contributed by atoms with Crippen molar-refractivity contribution in [2.75, 3.05) is 17.3 Å². The van der Waals surface area contributed by atoms with Gasteiger partial charge in [0, 0.05) is 17.8 Å². The van der Waals surface area contributed by atoms with Crippen molar-refractivity contribution in [2.24, 2.45) is 0 Å². The lowest BCUT2D eigenvalue weighted by atomic mass is 10.2. The molecule has 0 N–H and O–H groups in total. The molecule has 1 aliphatic carbocycles.